The molecule has 0 unspecified atom stereocenters. The molecule has 140 valence electrons. The van der Waals surface area contributed by atoms with E-state index in [1.165, 1.54) is 5.56 Å². The minimum atomic E-state index is -0.711. The molecule has 3 atom stereocenters. The Balaban J connectivity index is 1.60. The summed E-state index contributed by atoms with van der Waals surface area (Å²) in [6, 6.07) is 30.8. The van der Waals surface area contributed by atoms with E-state index in [-0.39, 0.29) is 17.9 Å². The van der Waals surface area contributed by atoms with E-state index >= 15 is 0 Å². The van der Waals surface area contributed by atoms with Gasteiger partial charge in [-0.1, -0.05) is 91.0 Å². The van der Waals surface area contributed by atoms with Gasteiger partial charge < -0.3 is 9.64 Å². The molecule has 0 N–H and O–H groups in total. The van der Waals surface area contributed by atoms with Crippen LogP contribution >= 0.6 is 0 Å². The molecule has 3 aromatic rings. The van der Waals surface area contributed by atoms with Crippen LogP contribution in [0.3, 0.4) is 0 Å². The maximum absolute atomic E-state index is 13.5. The Hall–Kier alpha value is -2.91. The van der Waals surface area contributed by atoms with E-state index in [0.29, 0.717) is 13.0 Å². The van der Waals surface area contributed by atoms with Crippen molar-refractivity contribution in [3.63, 3.8) is 0 Å². The van der Waals surface area contributed by atoms with E-state index in [1.54, 1.807) is 0 Å². The Morgan fingerprint density at radius 1 is 0.786 bits per heavy atom. The van der Waals surface area contributed by atoms with Gasteiger partial charge >= 0.3 is 0 Å². The maximum atomic E-state index is 13.5. The molecule has 3 heteroatoms. The van der Waals surface area contributed by atoms with Gasteiger partial charge in [-0.25, -0.2) is 0 Å². The first kappa shape index (κ1) is 17.2. The summed E-state index contributed by atoms with van der Waals surface area (Å²) in [5.74, 6) is 0.315. The first-order valence-electron chi connectivity index (χ1n) is 9.89. The summed E-state index contributed by atoms with van der Waals surface area (Å²) in [6.45, 7) is 0.520. The highest BCUT2D eigenvalue weighted by Crippen LogP contribution is 2.52. The van der Waals surface area contributed by atoms with Crippen LogP contribution in [0.25, 0.3) is 0 Å². The topological polar surface area (TPSA) is 29.5 Å². The standard InChI is InChI=1S/C25H23NO2/c27-24-16-21(19-10-4-1-5-11-19)17-25(22-14-8-3-9-15-22)26(24)23(18-28-25)20-12-6-2-7-13-20/h1-15,21,23H,16-18H2/t21-,23+,25-/m1/s1. The lowest BCUT2D eigenvalue weighted by atomic mass is 9.79. The molecule has 0 aromatic heterocycles. The van der Waals surface area contributed by atoms with Gasteiger partial charge in [0.25, 0.3) is 0 Å². The molecule has 0 aliphatic carbocycles. The predicted octanol–water partition coefficient (Wildman–Crippen LogP) is 5.02. The van der Waals surface area contributed by atoms with Crippen molar-refractivity contribution in [2.45, 2.75) is 30.5 Å². The molecule has 0 spiro atoms. The number of piperidine rings is 1. The zero-order chi connectivity index (χ0) is 19.0. The molecule has 28 heavy (non-hydrogen) atoms. The van der Waals surface area contributed by atoms with E-state index < -0.39 is 5.72 Å². The first-order valence-corrected chi connectivity index (χ1v) is 9.89. The number of carbonyl (C=O) groups excluding carboxylic acids is 1. The normalized spacial score (nSPS) is 26.9. The lowest BCUT2D eigenvalue weighted by molar-refractivity contribution is -0.165. The van der Waals surface area contributed by atoms with Gasteiger partial charge in [0.1, 0.15) is 0 Å². The smallest absolute Gasteiger partial charge is 0.226 e. The Bertz CT molecular complexity index is 958. The van der Waals surface area contributed by atoms with Crippen molar-refractivity contribution < 1.29 is 9.53 Å². The summed E-state index contributed by atoms with van der Waals surface area (Å²) in [4.78, 5) is 15.5. The minimum Gasteiger partial charge on any atom is -0.349 e. The number of carbonyl (C=O) groups is 1. The monoisotopic (exact) mass is 369 g/mol. The second-order valence-corrected chi connectivity index (χ2v) is 7.67. The third kappa shape index (κ3) is 2.74. The molecule has 2 aliphatic rings. The molecule has 2 aliphatic heterocycles. The summed E-state index contributed by atoms with van der Waals surface area (Å²) in [5, 5.41) is 0. The van der Waals surface area contributed by atoms with Gasteiger partial charge in [0.2, 0.25) is 5.91 Å². The van der Waals surface area contributed by atoms with Gasteiger partial charge in [0, 0.05) is 18.4 Å². The quantitative estimate of drug-likeness (QED) is 0.649. The highest BCUT2D eigenvalue weighted by molar-refractivity contribution is 5.80. The van der Waals surface area contributed by atoms with Crippen LogP contribution in [0.4, 0.5) is 0 Å². The molecule has 3 aromatic carbocycles. The van der Waals surface area contributed by atoms with Crippen molar-refractivity contribution in [2.75, 3.05) is 6.61 Å². The van der Waals surface area contributed by atoms with E-state index in [9.17, 15) is 4.79 Å². The number of hydrogen-bond acceptors (Lipinski definition) is 2. The largest absolute Gasteiger partial charge is 0.349 e. The van der Waals surface area contributed by atoms with Crippen LogP contribution in [0.5, 0.6) is 0 Å². The molecule has 2 saturated heterocycles. The molecular formula is C25H23NO2. The minimum absolute atomic E-state index is 0.0503. The number of benzene rings is 3. The summed E-state index contributed by atoms with van der Waals surface area (Å²) < 4.78 is 6.52. The van der Waals surface area contributed by atoms with Gasteiger partial charge in [-0.2, -0.15) is 0 Å². The summed E-state index contributed by atoms with van der Waals surface area (Å²) in [6.07, 6.45) is 1.29. The Morgan fingerprint density at radius 3 is 2.00 bits per heavy atom. The highest BCUT2D eigenvalue weighted by Gasteiger charge is 2.55. The Morgan fingerprint density at radius 2 is 1.36 bits per heavy atom. The van der Waals surface area contributed by atoms with Crippen molar-refractivity contribution in [3.8, 4) is 0 Å². The number of hydrogen-bond donors (Lipinski definition) is 0. The fraction of sp³-hybridized carbons (Fsp3) is 0.240. The summed E-state index contributed by atoms with van der Waals surface area (Å²) in [7, 11) is 0. The van der Waals surface area contributed by atoms with Crippen LogP contribution in [0.2, 0.25) is 0 Å². The molecule has 2 heterocycles. The second kappa shape index (κ2) is 6.92. The lowest BCUT2D eigenvalue weighted by Crippen LogP contribution is -2.51. The number of rotatable bonds is 3. The van der Waals surface area contributed by atoms with Gasteiger partial charge in [0.15, 0.2) is 5.72 Å². The molecule has 2 fully saturated rings. The molecule has 1 amide bonds. The van der Waals surface area contributed by atoms with Crippen molar-refractivity contribution in [2.24, 2.45) is 0 Å². The lowest BCUT2D eigenvalue weighted by Gasteiger charge is -2.46. The van der Waals surface area contributed by atoms with Crippen LogP contribution in [-0.2, 0) is 15.3 Å². The highest BCUT2D eigenvalue weighted by atomic mass is 16.5. The Kier molecular flexibility index (Phi) is 4.25. The summed E-state index contributed by atoms with van der Waals surface area (Å²) >= 11 is 0. The number of nitrogens with zero attached hydrogens (tertiary/aromatic N) is 1. The number of ether oxygens (including phenoxy) is 1. The molecule has 0 radical (unpaired) electrons. The molecule has 0 bridgehead atoms. The van der Waals surface area contributed by atoms with E-state index in [1.807, 2.05) is 59.5 Å². The fourth-order valence-corrected chi connectivity index (χ4v) is 4.78. The Labute approximate surface area is 165 Å². The zero-order valence-corrected chi connectivity index (χ0v) is 15.7. The van der Waals surface area contributed by atoms with Gasteiger partial charge in [0.05, 0.1) is 12.6 Å². The van der Waals surface area contributed by atoms with Crippen LogP contribution in [-0.4, -0.2) is 17.4 Å². The summed E-state index contributed by atoms with van der Waals surface area (Å²) in [5.41, 5.74) is 2.68. The van der Waals surface area contributed by atoms with Gasteiger partial charge in [-0.05, 0) is 17.0 Å². The number of fused-ring (bicyclic) bond motifs is 1. The van der Waals surface area contributed by atoms with E-state index in [4.69, 9.17) is 4.74 Å². The molecular weight excluding hydrogens is 346 g/mol. The predicted molar refractivity (Wildman–Crippen MR) is 109 cm³/mol. The van der Waals surface area contributed by atoms with Crippen molar-refractivity contribution >= 4 is 5.91 Å². The van der Waals surface area contributed by atoms with Crippen LogP contribution < -0.4 is 0 Å². The zero-order valence-electron chi connectivity index (χ0n) is 15.7. The first-order chi connectivity index (χ1) is 13.8. The van der Waals surface area contributed by atoms with Crippen molar-refractivity contribution in [1.29, 1.82) is 0 Å². The fourth-order valence-electron chi connectivity index (χ4n) is 4.78. The molecule has 3 nitrogen and oxygen atoms in total. The van der Waals surface area contributed by atoms with E-state index in [0.717, 1.165) is 17.5 Å². The molecule has 0 saturated carbocycles. The molecule has 5 rings (SSSR count). The third-order valence-corrected chi connectivity index (χ3v) is 6.07. The van der Waals surface area contributed by atoms with Gasteiger partial charge in [-0.15, -0.1) is 0 Å². The average molecular weight is 369 g/mol. The van der Waals surface area contributed by atoms with Crippen molar-refractivity contribution in [1.82, 2.24) is 4.90 Å². The maximum Gasteiger partial charge on any atom is 0.226 e. The third-order valence-electron chi connectivity index (χ3n) is 6.07. The van der Waals surface area contributed by atoms with Crippen LogP contribution in [0, 0.1) is 0 Å². The average Bonchev–Trinajstić information content (AvgIpc) is 3.17. The second-order valence-electron chi connectivity index (χ2n) is 7.67. The SMILES string of the molecule is O=C1C[C@@H](c2ccccc2)C[C@]2(c3ccccc3)OC[C@@H](c3ccccc3)N12. The van der Waals surface area contributed by atoms with Crippen LogP contribution in [0.1, 0.15) is 41.5 Å². The van der Waals surface area contributed by atoms with Crippen molar-refractivity contribution in [3.05, 3.63) is 108 Å². The van der Waals surface area contributed by atoms with Crippen LogP contribution in [0.15, 0.2) is 91.0 Å². The number of amides is 1. The van der Waals surface area contributed by atoms with E-state index in [2.05, 4.69) is 36.4 Å². The van der Waals surface area contributed by atoms with Gasteiger partial charge in [-0.3, -0.25) is 4.79 Å².